The summed E-state index contributed by atoms with van der Waals surface area (Å²) >= 11 is 0. The number of nitrogens with one attached hydrogen (secondary N) is 1. The van der Waals surface area contributed by atoms with Crippen molar-refractivity contribution in [3.63, 3.8) is 0 Å². The molecule has 2 rings (SSSR count). The van der Waals surface area contributed by atoms with Crippen molar-refractivity contribution >= 4 is 17.7 Å². The third-order valence-corrected chi connectivity index (χ3v) is 4.06. The Morgan fingerprint density at radius 1 is 1.43 bits per heavy atom. The number of nitrogen functional groups attached to an aromatic ring is 1. The Hall–Kier alpha value is -1.81. The van der Waals surface area contributed by atoms with Gasteiger partial charge in [0.1, 0.15) is 0 Å². The number of nitrogens with two attached hydrogens (primary N) is 1. The van der Waals surface area contributed by atoms with Crippen LogP contribution in [0.15, 0.2) is 30.3 Å². The third-order valence-electron chi connectivity index (χ3n) is 4.06. The van der Waals surface area contributed by atoms with E-state index in [2.05, 4.69) is 17.1 Å². The van der Waals surface area contributed by atoms with Crippen molar-refractivity contribution in [2.75, 3.05) is 31.9 Å². The molecular formula is C17H25N3O. The van der Waals surface area contributed by atoms with E-state index in [1.54, 1.807) is 12.2 Å². The maximum atomic E-state index is 11.8. The molecule has 0 unspecified atom stereocenters. The van der Waals surface area contributed by atoms with Gasteiger partial charge in [-0.05, 0) is 62.2 Å². The van der Waals surface area contributed by atoms with Crippen molar-refractivity contribution in [2.45, 2.75) is 19.8 Å². The Balaban J connectivity index is 1.73. The summed E-state index contributed by atoms with van der Waals surface area (Å²) in [6.07, 6.45) is 5.72. The summed E-state index contributed by atoms with van der Waals surface area (Å²) in [5.74, 6) is 0.577. The van der Waals surface area contributed by atoms with E-state index in [0.717, 1.165) is 31.7 Å². The number of amides is 1. The SMILES string of the molecule is CCN1CCC(CNC(=O)/C=C/c2cccc(N)c2)CC1. The number of benzene rings is 1. The molecule has 0 atom stereocenters. The summed E-state index contributed by atoms with van der Waals surface area (Å²) in [6.45, 7) is 6.40. The van der Waals surface area contributed by atoms with Crippen LogP contribution in [-0.4, -0.2) is 37.0 Å². The Labute approximate surface area is 127 Å². The lowest BCUT2D eigenvalue weighted by Crippen LogP contribution is -2.38. The zero-order chi connectivity index (χ0) is 15.1. The van der Waals surface area contributed by atoms with Gasteiger partial charge in [0.2, 0.25) is 5.91 Å². The van der Waals surface area contributed by atoms with Crippen LogP contribution >= 0.6 is 0 Å². The fraction of sp³-hybridized carbons (Fsp3) is 0.471. The summed E-state index contributed by atoms with van der Waals surface area (Å²) in [4.78, 5) is 14.3. The monoisotopic (exact) mass is 287 g/mol. The second-order valence-corrected chi connectivity index (χ2v) is 5.63. The highest BCUT2D eigenvalue weighted by Crippen LogP contribution is 2.15. The van der Waals surface area contributed by atoms with Gasteiger partial charge in [-0.1, -0.05) is 19.1 Å². The number of anilines is 1. The highest BCUT2D eigenvalue weighted by atomic mass is 16.1. The number of rotatable bonds is 5. The zero-order valence-electron chi connectivity index (χ0n) is 12.7. The zero-order valence-corrected chi connectivity index (χ0v) is 12.7. The summed E-state index contributed by atoms with van der Waals surface area (Å²) in [5, 5.41) is 2.99. The van der Waals surface area contributed by atoms with Crippen LogP contribution in [0.1, 0.15) is 25.3 Å². The first-order chi connectivity index (χ1) is 10.2. The van der Waals surface area contributed by atoms with E-state index in [-0.39, 0.29) is 5.91 Å². The standard InChI is InChI=1S/C17H25N3O/c1-2-20-10-8-15(9-11-20)13-19-17(21)7-6-14-4-3-5-16(18)12-14/h3-7,12,15H,2,8-11,13,18H2,1H3,(H,19,21)/b7-6+. The number of nitrogens with zero attached hydrogens (tertiary/aromatic N) is 1. The minimum atomic E-state index is -0.0321. The minimum Gasteiger partial charge on any atom is -0.399 e. The van der Waals surface area contributed by atoms with Gasteiger partial charge in [0, 0.05) is 18.3 Å². The molecule has 0 aliphatic carbocycles. The molecule has 0 radical (unpaired) electrons. The molecule has 21 heavy (non-hydrogen) atoms. The predicted molar refractivity (Wildman–Crippen MR) is 87.7 cm³/mol. The van der Waals surface area contributed by atoms with Gasteiger partial charge in [0.05, 0.1) is 0 Å². The van der Waals surface area contributed by atoms with Crippen molar-refractivity contribution in [3.8, 4) is 0 Å². The lowest BCUT2D eigenvalue weighted by molar-refractivity contribution is -0.116. The Bertz CT molecular complexity index is 491. The number of piperidine rings is 1. The summed E-state index contributed by atoms with van der Waals surface area (Å²) in [5.41, 5.74) is 7.36. The molecule has 1 aliphatic rings. The van der Waals surface area contributed by atoms with Gasteiger partial charge in [0.15, 0.2) is 0 Å². The first-order valence-electron chi connectivity index (χ1n) is 7.71. The molecule has 1 aromatic rings. The molecule has 1 aromatic carbocycles. The van der Waals surface area contributed by atoms with Gasteiger partial charge in [0.25, 0.3) is 0 Å². The number of likely N-dealkylation sites (tertiary alicyclic amines) is 1. The quantitative estimate of drug-likeness (QED) is 0.644. The molecule has 3 N–H and O–H groups in total. The van der Waals surface area contributed by atoms with E-state index in [0.29, 0.717) is 11.6 Å². The van der Waals surface area contributed by atoms with Crippen molar-refractivity contribution < 1.29 is 4.79 Å². The van der Waals surface area contributed by atoms with Crippen LogP contribution in [0.5, 0.6) is 0 Å². The molecule has 0 spiro atoms. The molecular weight excluding hydrogens is 262 g/mol. The highest BCUT2D eigenvalue weighted by Gasteiger charge is 2.17. The Morgan fingerprint density at radius 3 is 2.86 bits per heavy atom. The highest BCUT2D eigenvalue weighted by molar-refractivity contribution is 5.91. The van der Waals surface area contributed by atoms with Crippen LogP contribution in [0.25, 0.3) is 6.08 Å². The van der Waals surface area contributed by atoms with Crippen molar-refractivity contribution in [1.82, 2.24) is 10.2 Å². The van der Waals surface area contributed by atoms with Crippen molar-refractivity contribution in [3.05, 3.63) is 35.9 Å². The van der Waals surface area contributed by atoms with Gasteiger partial charge in [-0.2, -0.15) is 0 Å². The average molecular weight is 287 g/mol. The number of carbonyl (C=O) groups is 1. The lowest BCUT2D eigenvalue weighted by Gasteiger charge is -2.30. The number of hydrogen-bond donors (Lipinski definition) is 2. The fourth-order valence-corrected chi connectivity index (χ4v) is 2.65. The van der Waals surface area contributed by atoms with E-state index in [1.165, 1.54) is 12.8 Å². The van der Waals surface area contributed by atoms with Crippen LogP contribution in [0.3, 0.4) is 0 Å². The molecule has 4 heteroatoms. The minimum absolute atomic E-state index is 0.0321. The number of carbonyl (C=O) groups excluding carboxylic acids is 1. The molecule has 4 nitrogen and oxygen atoms in total. The van der Waals surface area contributed by atoms with E-state index in [9.17, 15) is 4.79 Å². The Morgan fingerprint density at radius 2 is 2.19 bits per heavy atom. The van der Waals surface area contributed by atoms with Crippen LogP contribution < -0.4 is 11.1 Å². The maximum Gasteiger partial charge on any atom is 0.244 e. The Kier molecular flexibility index (Phi) is 5.81. The van der Waals surface area contributed by atoms with Gasteiger partial charge in [-0.3, -0.25) is 4.79 Å². The molecule has 1 fully saturated rings. The summed E-state index contributed by atoms with van der Waals surface area (Å²) in [6, 6.07) is 7.50. The van der Waals surface area contributed by atoms with Crippen LogP contribution in [0.2, 0.25) is 0 Å². The van der Waals surface area contributed by atoms with Crippen molar-refractivity contribution in [1.29, 1.82) is 0 Å². The molecule has 0 aromatic heterocycles. The van der Waals surface area contributed by atoms with E-state index >= 15 is 0 Å². The third kappa shape index (κ3) is 5.23. The molecule has 1 heterocycles. The molecule has 1 amide bonds. The molecule has 0 bridgehead atoms. The smallest absolute Gasteiger partial charge is 0.244 e. The maximum absolute atomic E-state index is 11.8. The summed E-state index contributed by atoms with van der Waals surface area (Å²) in [7, 11) is 0. The number of hydrogen-bond acceptors (Lipinski definition) is 3. The second-order valence-electron chi connectivity index (χ2n) is 5.63. The average Bonchev–Trinajstić information content (AvgIpc) is 2.51. The van der Waals surface area contributed by atoms with Gasteiger partial charge in [-0.15, -0.1) is 0 Å². The largest absolute Gasteiger partial charge is 0.399 e. The first kappa shape index (κ1) is 15.6. The lowest BCUT2D eigenvalue weighted by atomic mass is 9.97. The van der Waals surface area contributed by atoms with Crippen LogP contribution in [0, 0.1) is 5.92 Å². The first-order valence-corrected chi connectivity index (χ1v) is 7.71. The fourth-order valence-electron chi connectivity index (χ4n) is 2.65. The second kappa shape index (κ2) is 7.84. The van der Waals surface area contributed by atoms with Crippen LogP contribution in [-0.2, 0) is 4.79 Å². The molecule has 1 saturated heterocycles. The molecule has 0 saturated carbocycles. The summed E-state index contributed by atoms with van der Waals surface area (Å²) < 4.78 is 0. The van der Waals surface area contributed by atoms with E-state index < -0.39 is 0 Å². The van der Waals surface area contributed by atoms with Gasteiger partial charge < -0.3 is 16.0 Å². The van der Waals surface area contributed by atoms with Crippen LogP contribution in [0.4, 0.5) is 5.69 Å². The van der Waals surface area contributed by atoms with Gasteiger partial charge >= 0.3 is 0 Å². The normalized spacial score (nSPS) is 17.2. The molecule has 1 aliphatic heterocycles. The van der Waals surface area contributed by atoms with Crippen molar-refractivity contribution in [2.24, 2.45) is 5.92 Å². The topological polar surface area (TPSA) is 58.4 Å². The van der Waals surface area contributed by atoms with E-state index in [4.69, 9.17) is 5.73 Å². The van der Waals surface area contributed by atoms with E-state index in [1.807, 2.05) is 24.3 Å². The molecule has 114 valence electrons. The predicted octanol–water partition coefficient (Wildman–Crippen LogP) is 2.13. The van der Waals surface area contributed by atoms with Gasteiger partial charge in [-0.25, -0.2) is 0 Å².